The molecule has 1 aromatic carbocycles. The van der Waals surface area contributed by atoms with E-state index < -0.39 is 0 Å². The molecule has 0 aliphatic heterocycles. The minimum Gasteiger partial charge on any atom is -0.378 e. The van der Waals surface area contributed by atoms with E-state index in [-0.39, 0.29) is 0 Å². The van der Waals surface area contributed by atoms with Crippen molar-refractivity contribution in [2.45, 2.75) is 20.5 Å². The van der Waals surface area contributed by atoms with E-state index in [0.717, 1.165) is 16.8 Å². The van der Waals surface area contributed by atoms with E-state index in [0.29, 0.717) is 24.3 Å². The van der Waals surface area contributed by atoms with Gasteiger partial charge >= 0.3 is 0 Å². The third-order valence-corrected chi connectivity index (χ3v) is 2.64. The fraction of sp³-hybridized carbons (Fsp3) is 0.308. The molecular weight excluding hydrogens is 230 g/mol. The average molecular weight is 245 g/mol. The van der Waals surface area contributed by atoms with Crippen LogP contribution in [-0.4, -0.2) is 28.4 Å². The Morgan fingerprint density at radius 2 is 1.94 bits per heavy atom. The summed E-state index contributed by atoms with van der Waals surface area (Å²) in [7, 11) is 1.58. The van der Waals surface area contributed by atoms with Crippen LogP contribution in [0.25, 0.3) is 5.69 Å². The zero-order valence-corrected chi connectivity index (χ0v) is 10.7. The summed E-state index contributed by atoms with van der Waals surface area (Å²) < 4.78 is 6.74. The third kappa shape index (κ3) is 2.31. The molecule has 0 atom stereocenters. The predicted molar refractivity (Wildman–Crippen MR) is 66.9 cm³/mol. The molecule has 0 unspecified atom stereocenters. The topological polar surface area (TPSA) is 57.0 Å². The van der Waals surface area contributed by atoms with E-state index in [2.05, 4.69) is 16.4 Å². The van der Waals surface area contributed by atoms with E-state index in [9.17, 15) is 4.79 Å². The number of hydrogen-bond donors (Lipinski definition) is 0. The second kappa shape index (κ2) is 5.10. The van der Waals surface area contributed by atoms with Gasteiger partial charge in [-0.1, -0.05) is 11.3 Å². The van der Waals surface area contributed by atoms with Crippen LogP contribution >= 0.6 is 0 Å². The van der Waals surface area contributed by atoms with Crippen LogP contribution in [0, 0.1) is 13.8 Å². The molecule has 0 bridgehead atoms. The Bertz CT molecular complexity index is 555. The molecule has 5 heteroatoms. The second-order valence-corrected chi connectivity index (χ2v) is 4.23. The van der Waals surface area contributed by atoms with Crippen molar-refractivity contribution in [3.8, 4) is 5.69 Å². The lowest BCUT2D eigenvalue weighted by Crippen LogP contribution is -2.05. The van der Waals surface area contributed by atoms with Crippen LogP contribution in [0.2, 0.25) is 0 Å². The summed E-state index contributed by atoms with van der Waals surface area (Å²) in [6.45, 7) is 4.34. The Morgan fingerprint density at radius 1 is 1.28 bits per heavy atom. The lowest BCUT2D eigenvalue weighted by Gasteiger charge is -2.08. The third-order valence-electron chi connectivity index (χ3n) is 2.64. The van der Waals surface area contributed by atoms with Crippen molar-refractivity contribution in [1.82, 2.24) is 15.0 Å². The first-order valence-corrected chi connectivity index (χ1v) is 5.63. The SMILES string of the molecule is COCc1c(C=O)nnn1-c1cc(C)cc(C)c1. The fourth-order valence-electron chi connectivity index (χ4n) is 1.96. The molecule has 94 valence electrons. The predicted octanol–water partition coefficient (Wildman–Crippen LogP) is 1.84. The van der Waals surface area contributed by atoms with Crippen molar-refractivity contribution in [3.63, 3.8) is 0 Å². The quantitative estimate of drug-likeness (QED) is 0.771. The number of carbonyl (C=O) groups excluding carboxylic acids is 1. The summed E-state index contributed by atoms with van der Waals surface area (Å²) >= 11 is 0. The first-order chi connectivity index (χ1) is 8.65. The lowest BCUT2D eigenvalue weighted by molar-refractivity contribution is 0.111. The Morgan fingerprint density at radius 3 is 2.50 bits per heavy atom. The first-order valence-electron chi connectivity index (χ1n) is 5.63. The minimum absolute atomic E-state index is 0.300. The minimum atomic E-state index is 0.300. The second-order valence-electron chi connectivity index (χ2n) is 4.23. The van der Waals surface area contributed by atoms with E-state index >= 15 is 0 Å². The number of rotatable bonds is 4. The summed E-state index contributed by atoms with van der Waals surface area (Å²) in [6, 6.07) is 6.07. The molecule has 0 N–H and O–H groups in total. The van der Waals surface area contributed by atoms with Crippen LogP contribution in [0.15, 0.2) is 18.2 Å². The standard InChI is InChI=1S/C13H15N3O2/c1-9-4-10(2)6-11(5-9)16-13(8-18-3)12(7-17)14-15-16/h4-7H,8H2,1-3H3. The summed E-state index contributed by atoms with van der Waals surface area (Å²) in [6.07, 6.45) is 0.695. The van der Waals surface area contributed by atoms with E-state index in [4.69, 9.17) is 4.74 Å². The zero-order chi connectivity index (χ0) is 13.1. The van der Waals surface area contributed by atoms with E-state index in [1.807, 2.05) is 26.0 Å². The molecule has 0 fully saturated rings. The molecule has 0 aliphatic rings. The van der Waals surface area contributed by atoms with Crippen LogP contribution in [-0.2, 0) is 11.3 Å². The van der Waals surface area contributed by atoms with Gasteiger partial charge in [-0.2, -0.15) is 0 Å². The van der Waals surface area contributed by atoms with E-state index in [1.165, 1.54) is 0 Å². The molecule has 0 saturated carbocycles. The summed E-state index contributed by atoms with van der Waals surface area (Å²) in [5.74, 6) is 0. The highest BCUT2D eigenvalue weighted by Crippen LogP contribution is 2.16. The summed E-state index contributed by atoms with van der Waals surface area (Å²) in [5.41, 5.74) is 4.14. The molecule has 2 aromatic rings. The smallest absolute Gasteiger partial charge is 0.172 e. The molecule has 2 rings (SSSR count). The summed E-state index contributed by atoms with van der Waals surface area (Å²) in [4.78, 5) is 10.9. The van der Waals surface area contributed by atoms with Gasteiger partial charge in [0.1, 0.15) is 5.69 Å². The first kappa shape index (κ1) is 12.4. The number of benzene rings is 1. The van der Waals surface area contributed by atoms with Crippen molar-refractivity contribution in [2.24, 2.45) is 0 Å². The molecule has 5 nitrogen and oxygen atoms in total. The number of aromatic nitrogens is 3. The van der Waals surface area contributed by atoms with Gasteiger partial charge in [-0.3, -0.25) is 4.79 Å². The molecule has 18 heavy (non-hydrogen) atoms. The highest BCUT2D eigenvalue weighted by Gasteiger charge is 2.13. The molecule has 0 aliphatic carbocycles. The Labute approximate surface area is 105 Å². The van der Waals surface area contributed by atoms with Gasteiger partial charge in [0, 0.05) is 7.11 Å². The van der Waals surface area contributed by atoms with Crippen molar-refractivity contribution in [3.05, 3.63) is 40.7 Å². The Kier molecular flexibility index (Phi) is 3.53. The molecule has 0 amide bonds. The highest BCUT2D eigenvalue weighted by atomic mass is 16.5. The Balaban J connectivity index is 2.55. The van der Waals surface area contributed by atoms with Crippen LogP contribution in [0.3, 0.4) is 0 Å². The maximum Gasteiger partial charge on any atom is 0.172 e. The number of carbonyl (C=O) groups is 1. The van der Waals surface area contributed by atoms with Gasteiger partial charge in [0.15, 0.2) is 12.0 Å². The van der Waals surface area contributed by atoms with Gasteiger partial charge in [0.05, 0.1) is 12.3 Å². The molecule has 0 spiro atoms. The van der Waals surface area contributed by atoms with Crippen LogP contribution < -0.4 is 0 Å². The molecule has 0 radical (unpaired) electrons. The maximum absolute atomic E-state index is 10.9. The van der Waals surface area contributed by atoms with Crippen molar-refractivity contribution >= 4 is 6.29 Å². The van der Waals surface area contributed by atoms with Crippen LogP contribution in [0.5, 0.6) is 0 Å². The van der Waals surface area contributed by atoms with Crippen LogP contribution in [0.1, 0.15) is 27.3 Å². The fourth-order valence-corrected chi connectivity index (χ4v) is 1.96. The number of aryl methyl sites for hydroxylation is 2. The van der Waals surface area contributed by atoms with Gasteiger partial charge in [-0.25, -0.2) is 4.68 Å². The van der Waals surface area contributed by atoms with Gasteiger partial charge in [0.2, 0.25) is 0 Å². The molecule has 1 heterocycles. The lowest BCUT2D eigenvalue weighted by atomic mass is 10.1. The van der Waals surface area contributed by atoms with Gasteiger partial charge < -0.3 is 4.74 Å². The van der Waals surface area contributed by atoms with Gasteiger partial charge in [-0.15, -0.1) is 5.10 Å². The van der Waals surface area contributed by atoms with Crippen molar-refractivity contribution < 1.29 is 9.53 Å². The molecule has 0 saturated heterocycles. The average Bonchev–Trinajstić information content (AvgIpc) is 2.71. The number of aldehydes is 1. The Hall–Kier alpha value is -2.01. The number of hydrogen-bond acceptors (Lipinski definition) is 4. The number of nitrogens with zero attached hydrogens (tertiary/aromatic N) is 3. The monoisotopic (exact) mass is 245 g/mol. The summed E-state index contributed by atoms with van der Waals surface area (Å²) in [5, 5.41) is 7.87. The number of ether oxygens (including phenoxy) is 1. The highest BCUT2D eigenvalue weighted by molar-refractivity contribution is 5.73. The normalized spacial score (nSPS) is 10.6. The largest absolute Gasteiger partial charge is 0.378 e. The molecule has 1 aromatic heterocycles. The number of methoxy groups -OCH3 is 1. The van der Waals surface area contributed by atoms with Crippen molar-refractivity contribution in [2.75, 3.05) is 7.11 Å². The molecular formula is C13H15N3O2. The van der Waals surface area contributed by atoms with Crippen molar-refractivity contribution in [1.29, 1.82) is 0 Å². The van der Waals surface area contributed by atoms with Crippen LogP contribution in [0.4, 0.5) is 0 Å². The van der Waals surface area contributed by atoms with E-state index in [1.54, 1.807) is 11.8 Å². The maximum atomic E-state index is 10.9. The van der Waals surface area contributed by atoms with Gasteiger partial charge in [-0.05, 0) is 37.1 Å². The zero-order valence-electron chi connectivity index (χ0n) is 10.7. The van der Waals surface area contributed by atoms with Gasteiger partial charge in [0.25, 0.3) is 0 Å².